The second kappa shape index (κ2) is 10.8. The summed E-state index contributed by atoms with van der Waals surface area (Å²) >= 11 is 0. The first-order valence-electron chi connectivity index (χ1n) is 21.3. The molecule has 11 aromatic rings. The fourth-order valence-electron chi connectivity index (χ4n) is 7.95. The topological polar surface area (TPSA) is 14.8 Å². The molecule has 3 heterocycles. The summed E-state index contributed by atoms with van der Waals surface area (Å²) in [6.45, 7) is 0. The van der Waals surface area contributed by atoms with Crippen molar-refractivity contribution in [2.45, 2.75) is 0 Å². The number of nitrogens with zero attached hydrogens (tertiary/aromatic N) is 3. The van der Waals surface area contributed by atoms with E-state index in [4.69, 9.17) is 9.60 Å². The van der Waals surface area contributed by atoms with Gasteiger partial charge in [0.2, 0.25) is 0 Å². The van der Waals surface area contributed by atoms with E-state index in [-0.39, 0.29) is 16.8 Å². The van der Waals surface area contributed by atoms with Gasteiger partial charge < -0.3 is 13.7 Å². The molecule has 3 heteroatoms. The zero-order valence-corrected chi connectivity index (χ0v) is 27.0. The van der Waals surface area contributed by atoms with Gasteiger partial charge in [0, 0.05) is 49.3 Å². The van der Waals surface area contributed by atoms with Crippen molar-refractivity contribution in [1.29, 1.82) is 0 Å². The van der Waals surface area contributed by atoms with Crippen molar-refractivity contribution in [2.75, 3.05) is 0 Å². The summed E-state index contributed by atoms with van der Waals surface area (Å²) in [5.41, 5.74) is 6.63. The third kappa shape index (κ3) is 4.06. The Kier molecular flexibility index (Phi) is 4.38. The van der Waals surface area contributed by atoms with Gasteiger partial charge in [0.15, 0.2) is 0 Å². The van der Waals surface area contributed by atoms with Crippen molar-refractivity contribution in [3.05, 3.63) is 188 Å². The van der Waals surface area contributed by atoms with Crippen LogP contribution in [0.2, 0.25) is 0 Å². The van der Waals surface area contributed by atoms with Gasteiger partial charge in [0.25, 0.3) is 0 Å². The Labute approximate surface area is 307 Å². The molecule has 0 aliphatic carbocycles. The van der Waals surface area contributed by atoms with Gasteiger partial charge in [0.1, 0.15) is 0 Å². The Bertz CT molecular complexity index is 3590. The highest BCUT2D eigenvalue weighted by atomic mass is 15.0. The SMILES string of the molecule is [2H]c1c([2H])c([2H])c(-c2c([2H])c([2H])c([2H])c([2H])c2-n2c3ccccc3c3ccc(-n4c5ccccc5c5ccc(-n6c7ccccc7c7ccccc76)cc54)cc32)c([2H])c1[2H]. The maximum absolute atomic E-state index is 9.38. The lowest BCUT2D eigenvalue weighted by Gasteiger charge is -2.15. The molecule has 0 bridgehead atoms. The van der Waals surface area contributed by atoms with Crippen LogP contribution in [0.1, 0.15) is 12.3 Å². The number of fused-ring (bicyclic) bond motifs is 9. The molecular formula is C48H31N3. The van der Waals surface area contributed by atoms with Crippen molar-refractivity contribution in [3.63, 3.8) is 0 Å². The zero-order valence-electron chi connectivity index (χ0n) is 36.0. The van der Waals surface area contributed by atoms with Crippen LogP contribution in [-0.2, 0) is 0 Å². The Balaban J connectivity index is 1.24. The first-order chi connectivity index (χ1) is 29.1. The van der Waals surface area contributed by atoms with E-state index in [0.29, 0.717) is 11.0 Å². The van der Waals surface area contributed by atoms with Crippen LogP contribution in [0, 0.1) is 0 Å². The van der Waals surface area contributed by atoms with Crippen LogP contribution < -0.4 is 0 Å². The minimum atomic E-state index is -0.597. The molecule has 0 saturated carbocycles. The van der Waals surface area contributed by atoms with E-state index in [1.165, 1.54) is 0 Å². The molecule has 0 radical (unpaired) electrons. The summed E-state index contributed by atoms with van der Waals surface area (Å²) < 4.78 is 85.4. The Morgan fingerprint density at radius 2 is 0.725 bits per heavy atom. The molecule has 238 valence electrons. The van der Waals surface area contributed by atoms with Gasteiger partial charge in [0.05, 0.1) is 51.1 Å². The molecule has 0 spiro atoms. The standard InChI is InChI=1S/C48H31N3/c1-2-14-32(15-3-1)35-16-4-9-21-42(35)51-46-25-13-8-20-39(46)41-29-27-34(31-48(41)51)50-45-24-12-7-19-38(45)40-28-26-33(30-47(40)50)49-43-22-10-5-17-36(43)37-18-6-11-23-44(37)49/h1-31H/i1D,2D,3D,4D,9D,14D,15D,16D,21D. The van der Waals surface area contributed by atoms with Gasteiger partial charge in [-0.3, -0.25) is 0 Å². The van der Waals surface area contributed by atoms with Crippen molar-refractivity contribution >= 4 is 65.4 Å². The quantitative estimate of drug-likeness (QED) is 0.179. The molecule has 0 fully saturated rings. The number of benzene rings is 8. The molecule has 11 rings (SSSR count). The molecule has 3 nitrogen and oxygen atoms in total. The summed E-state index contributed by atoms with van der Waals surface area (Å²) in [6, 6.07) is 40.3. The summed E-state index contributed by atoms with van der Waals surface area (Å²) in [4.78, 5) is 0. The fraction of sp³-hybridized carbons (Fsp3) is 0. The average molecular weight is 659 g/mol. The van der Waals surface area contributed by atoms with Crippen LogP contribution in [0.3, 0.4) is 0 Å². The normalized spacial score (nSPS) is 14.4. The van der Waals surface area contributed by atoms with Gasteiger partial charge in [-0.25, -0.2) is 0 Å². The number of rotatable bonds is 4. The average Bonchev–Trinajstić information content (AvgIpc) is 3.91. The molecule has 0 unspecified atom stereocenters. The van der Waals surface area contributed by atoms with Gasteiger partial charge in [-0.2, -0.15) is 0 Å². The highest BCUT2D eigenvalue weighted by molar-refractivity contribution is 6.13. The van der Waals surface area contributed by atoms with Crippen LogP contribution >= 0.6 is 0 Å². The van der Waals surface area contributed by atoms with Crippen molar-refractivity contribution < 1.29 is 12.3 Å². The van der Waals surface area contributed by atoms with E-state index in [9.17, 15) is 2.74 Å². The molecular weight excluding hydrogens is 619 g/mol. The van der Waals surface area contributed by atoms with E-state index in [1.54, 1.807) is 4.57 Å². The monoisotopic (exact) mass is 658 g/mol. The smallest absolute Gasteiger partial charge is 0.0645 e. The molecule has 0 aliphatic rings. The molecule has 0 amide bonds. The number of hydrogen-bond donors (Lipinski definition) is 0. The molecule has 0 saturated heterocycles. The largest absolute Gasteiger partial charge is 0.309 e. The van der Waals surface area contributed by atoms with Gasteiger partial charge in [-0.05, 0) is 60.1 Å². The van der Waals surface area contributed by atoms with Gasteiger partial charge >= 0.3 is 0 Å². The van der Waals surface area contributed by atoms with E-state index >= 15 is 0 Å². The maximum Gasteiger partial charge on any atom is 0.0645 e. The lowest BCUT2D eigenvalue weighted by atomic mass is 10.0. The van der Waals surface area contributed by atoms with Crippen molar-refractivity contribution in [1.82, 2.24) is 13.7 Å². The predicted molar refractivity (Wildman–Crippen MR) is 215 cm³/mol. The van der Waals surface area contributed by atoms with Crippen molar-refractivity contribution in [2.24, 2.45) is 0 Å². The van der Waals surface area contributed by atoms with Crippen LogP contribution in [0.5, 0.6) is 0 Å². The third-order valence-electron chi connectivity index (χ3n) is 10.1. The summed E-state index contributed by atoms with van der Waals surface area (Å²) in [7, 11) is 0. The minimum Gasteiger partial charge on any atom is -0.309 e. The second-order valence-electron chi connectivity index (χ2n) is 12.7. The van der Waals surface area contributed by atoms with Gasteiger partial charge in [-0.15, -0.1) is 0 Å². The first kappa shape index (κ1) is 20.6. The number of para-hydroxylation sites is 5. The minimum absolute atomic E-state index is 0.0150. The van der Waals surface area contributed by atoms with Crippen LogP contribution in [-0.4, -0.2) is 13.7 Å². The third-order valence-corrected chi connectivity index (χ3v) is 10.1. The van der Waals surface area contributed by atoms with E-state index in [1.807, 2.05) is 48.5 Å². The molecule has 51 heavy (non-hydrogen) atoms. The molecule has 0 aliphatic heterocycles. The van der Waals surface area contributed by atoms with E-state index in [0.717, 1.165) is 65.8 Å². The summed E-state index contributed by atoms with van der Waals surface area (Å²) in [5, 5.41) is 6.05. The molecule has 8 aromatic carbocycles. The van der Waals surface area contributed by atoms with Crippen molar-refractivity contribution in [3.8, 4) is 28.2 Å². The Hall–Kier alpha value is -6.84. The first-order valence-corrected chi connectivity index (χ1v) is 16.8. The highest BCUT2D eigenvalue weighted by Crippen LogP contribution is 2.40. The maximum atomic E-state index is 9.38. The summed E-state index contributed by atoms with van der Waals surface area (Å²) in [6.07, 6.45) is 0. The van der Waals surface area contributed by atoms with Crippen LogP contribution in [0.25, 0.3) is 93.6 Å². The van der Waals surface area contributed by atoms with E-state index < -0.39 is 54.4 Å². The molecule has 0 atom stereocenters. The number of hydrogen-bond acceptors (Lipinski definition) is 0. The van der Waals surface area contributed by atoms with E-state index in [2.05, 4.69) is 94.1 Å². The second-order valence-corrected chi connectivity index (χ2v) is 12.7. The lowest BCUT2D eigenvalue weighted by molar-refractivity contribution is 1.15. The Morgan fingerprint density at radius 1 is 0.333 bits per heavy atom. The lowest BCUT2D eigenvalue weighted by Crippen LogP contribution is -1.99. The Morgan fingerprint density at radius 3 is 1.25 bits per heavy atom. The predicted octanol–water partition coefficient (Wildman–Crippen LogP) is 12.6. The molecule has 3 aromatic heterocycles. The highest BCUT2D eigenvalue weighted by Gasteiger charge is 2.19. The van der Waals surface area contributed by atoms with Gasteiger partial charge in [-0.1, -0.05) is 133 Å². The van der Waals surface area contributed by atoms with Crippen LogP contribution in [0.4, 0.5) is 0 Å². The number of aromatic nitrogens is 3. The van der Waals surface area contributed by atoms with Crippen LogP contribution in [0.15, 0.2) is 188 Å². The molecule has 0 N–H and O–H groups in total. The zero-order chi connectivity index (χ0) is 41.3. The summed E-state index contributed by atoms with van der Waals surface area (Å²) in [5.74, 6) is 0. The fourth-order valence-corrected chi connectivity index (χ4v) is 7.95.